The second kappa shape index (κ2) is 21.9. The highest BCUT2D eigenvalue weighted by Gasteiger charge is 2.42. The third kappa shape index (κ3) is 11.1. The van der Waals surface area contributed by atoms with Gasteiger partial charge in [-0.05, 0) is 133 Å². The van der Waals surface area contributed by atoms with E-state index in [9.17, 15) is 9.59 Å². The van der Waals surface area contributed by atoms with Gasteiger partial charge in [0.2, 0.25) is 0 Å². The number of esters is 1. The van der Waals surface area contributed by atoms with Gasteiger partial charge in [-0.2, -0.15) is 0 Å². The van der Waals surface area contributed by atoms with E-state index in [-0.39, 0.29) is 25.1 Å². The molecule has 0 saturated heterocycles. The maximum Gasteiger partial charge on any atom is 0.337 e. The van der Waals surface area contributed by atoms with Crippen LogP contribution >= 0.6 is 69.6 Å². The first-order valence-corrected chi connectivity index (χ1v) is 26.5. The summed E-state index contributed by atoms with van der Waals surface area (Å²) in [6.07, 6.45) is 12.3. The molecule has 0 amide bonds. The van der Waals surface area contributed by atoms with Crippen molar-refractivity contribution in [2.75, 3.05) is 7.11 Å². The molecule has 12 rings (SSSR count). The van der Waals surface area contributed by atoms with E-state index in [1.807, 2.05) is 72.8 Å². The molecule has 8 aromatic rings. The molecule has 12 nitrogen and oxygen atoms in total. The number of ether oxygens (including phenoxy) is 4. The summed E-state index contributed by atoms with van der Waals surface area (Å²) in [5, 5.41) is 11.5. The van der Waals surface area contributed by atoms with Crippen molar-refractivity contribution in [3.05, 3.63) is 190 Å². The third-order valence-corrected chi connectivity index (χ3v) is 15.8. The summed E-state index contributed by atoms with van der Waals surface area (Å²) in [6.45, 7) is 0.919. The number of rotatable bonds is 17. The minimum absolute atomic E-state index is 0.238. The smallest absolute Gasteiger partial charge is 0.337 e. The topological polar surface area (TPSA) is 149 Å². The molecular formula is C57H44Cl6N4O8. The quantitative estimate of drug-likeness (QED) is 0.0631. The van der Waals surface area contributed by atoms with Gasteiger partial charge >= 0.3 is 5.97 Å². The molecule has 4 aromatic heterocycles. The maximum atomic E-state index is 11.9. The minimum atomic E-state index is -0.335. The van der Waals surface area contributed by atoms with Crippen molar-refractivity contribution in [1.29, 1.82) is 0 Å². The summed E-state index contributed by atoms with van der Waals surface area (Å²) < 4.78 is 33.6. The van der Waals surface area contributed by atoms with Gasteiger partial charge in [0.05, 0.1) is 43.9 Å². The highest BCUT2D eigenvalue weighted by atomic mass is 35.5. The van der Waals surface area contributed by atoms with Crippen LogP contribution in [-0.4, -0.2) is 39.8 Å². The van der Waals surface area contributed by atoms with Crippen LogP contribution in [-0.2, 0) is 22.7 Å². The first kappa shape index (κ1) is 51.0. The SMILES string of the molecule is COC(=O)c1cccc(C2CC2c2ccc(OCc3c(-c4c(Cl)cncc4Cl)noc3C3CC3)cc2Cl)c1.O=COc1cccc(C2CC2c2ccc(OCc3c(-c4c(Cl)cncc4Cl)noc3C3CC3)cc2Cl)c1. The number of nitrogens with zero attached hydrogens (tertiary/aromatic N) is 4. The van der Waals surface area contributed by atoms with Gasteiger partial charge in [-0.25, -0.2) is 4.79 Å². The summed E-state index contributed by atoms with van der Waals surface area (Å²) in [5.74, 6) is 4.98. The summed E-state index contributed by atoms with van der Waals surface area (Å²) >= 11 is 39.0. The Morgan fingerprint density at radius 1 is 0.573 bits per heavy atom. The average molecular weight is 1130 g/mol. The number of hydrogen-bond donors (Lipinski definition) is 0. The molecule has 382 valence electrons. The van der Waals surface area contributed by atoms with E-state index >= 15 is 0 Å². The number of pyridine rings is 2. The van der Waals surface area contributed by atoms with Crippen LogP contribution in [0, 0.1) is 0 Å². The lowest BCUT2D eigenvalue weighted by Gasteiger charge is -2.11. The predicted molar refractivity (Wildman–Crippen MR) is 286 cm³/mol. The Morgan fingerprint density at radius 2 is 1.04 bits per heavy atom. The van der Waals surface area contributed by atoms with Crippen LogP contribution in [0.15, 0.2) is 119 Å². The maximum absolute atomic E-state index is 11.9. The van der Waals surface area contributed by atoms with Gasteiger partial charge in [0, 0.05) is 57.8 Å². The average Bonchev–Trinajstić information content (AvgIpc) is 4.21. The number of carbonyl (C=O) groups excluding carboxylic acids is 2. The van der Waals surface area contributed by atoms with Crippen molar-refractivity contribution in [3.63, 3.8) is 0 Å². The Balaban J connectivity index is 0.000000161. The summed E-state index contributed by atoms with van der Waals surface area (Å²) in [5.41, 5.74) is 8.90. The normalized spacial score (nSPS) is 18.4. The lowest BCUT2D eigenvalue weighted by molar-refractivity contribution is -0.120. The lowest BCUT2D eigenvalue weighted by atomic mass is 10.0. The Morgan fingerprint density at radius 3 is 1.48 bits per heavy atom. The zero-order valence-electron chi connectivity index (χ0n) is 39.9. The van der Waals surface area contributed by atoms with Crippen molar-refractivity contribution in [2.45, 2.75) is 87.2 Å². The van der Waals surface area contributed by atoms with Crippen LogP contribution in [0.1, 0.15) is 129 Å². The van der Waals surface area contributed by atoms with Crippen LogP contribution in [0.3, 0.4) is 0 Å². The van der Waals surface area contributed by atoms with Crippen LogP contribution in [0.2, 0.25) is 30.1 Å². The molecule has 0 N–H and O–H groups in total. The van der Waals surface area contributed by atoms with E-state index in [0.29, 0.717) is 112 Å². The Bertz CT molecular complexity index is 3430. The minimum Gasteiger partial charge on any atom is -0.489 e. The van der Waals surface area contributed by atoms with E-state index in [0.717, 1.165) is 83.4 Å². The van der Waals surface area contributed by atoms with Gasteiger partial charge in [-0.3, -0.25) is 14.8 Å². The molecule has 4 unspecified atom stereocenters. The second-order valence-corrected chi connectivity index (χ2v) is 21.4. The van der Waals surface area contributed by atoms with Gasteiger partial charge in [0.25, 0.3) is 6.47 Å². The Labute approximate surface area is 461 Å². The number of carbonyl (C=O) groups is 2. The zero-order valence-corrected chi connectivity index (χ0v) is 44.4. The largest absolute Gasteiger partial charge is 0.489 e. The zero-order chi connectivity index (χ0) is 51.9. The van der Waals surface area contributed by atoms with Gasteiger partial charge in [0.15, 0.2) is 0 Å². The Hall–Kier alpha value is -6.12. The second-order valence-electron chi connectivity index (χ2n) is 19.0. The van der Waals surface area contributed by atoms with Crippen molar-refractivity contribution in [1.82, 2.24) is 20.3 Å². The van der Waals surface area contributed by atoms with Gasteiger partial charge in [-0.1, -0.05) is 116 Å². The van der Waals surface area contributed by atoms with E-state index in [1.165, 1.54) is 31.9 Å². The highest BCUT2D eigenvalue weighted by molar-refractivity contribution is 6.39. The fraction of sp³-hybridized carbons (Fsp3) is 0.263. The molecule has 0 bridgehead atoms. The fourth-order valence-corrected chi connectivity index (χ4v) is 11.4. The fourth-order valence-electron chi connectivity index (χ4n) is 9.73. The van der Waals surface area contributed by atoms with Crippen LogP contribution in [0.4, 0.5) is 0 Å². The molecule has 4 atom stereocenters. The number of methoxy groups -OCH3 is 1. The first-order chi connectivity index (χ1) is 36.5. The number of halogens is 6. The van der Waals surface area contributed by atoms with E-state index < -0.39 is 0 Å². The lowest BCUT2D eigenvalue weighted by Crippen LogP contribution is -2.01. The summed E-state index contributed by atoms with van der Waals surface area (Å²) in [7, 11) is 1.39. The summed E-state index contributed by atoms with van der Waals surface area (Å²) in [4.78, 5) is 30.6. The Kier molecular flexibility index (Phi) is 14.9. The third-order valence-electron chi connectivity index (χ3n) is 14.0. The van der Waals surface area contributed by atoms with Gasteiger partial charge in [0.1, 0.15) is 53.4 Å². The molecule has 18 heteroatoms. The van der Waals surface area contributed by atoms with Crippen LogP contribution in [0.25, 0.3) is 22.5 Å². The standard InChI is InChI=1S/C29H23Cl3N2O4.C28H21Cl3N2O4/c1-36-29(35)17-4-2-3-16(9-17)20-11-21(20)19-8-7-18(10-23(19)30)37-14-22-27(34-38-28(22)15-5-6-15)26-24(31)12-33-13-25(26)32;29-23-9-18(6-7-19(23)21-10-20(21)16-2-1-3-17(8-16)36-14-34)35-13-22-27(33-37-28(22)15-4-5-15)26-24(30)11-32-12-25(26)31/h2-4,7-10,12-13,15,20-21H,5-6,11,14H2,1H3;1-3,6-9,11-12,14-15,20-21H,4-5,10,13H2. The molecule has 4 heterocycles. The van der Waals surface area contributed by atoms with Crippen molar-refractivity contribution in [2.24, 2.45) is 0 Å². The molecule has 4 aliphatic carbocycles. The van der Waals surface area contributed by atoms with E-state index in [1.54, 1.807) is 12.1 Å². The predicted octanol–water partition coefficient (Wildman–Crippen LogP) is 16.2. The van der Waals surface area contributed by atoms with Crippen molar-refractivity contribution < 1.29 is 37.6 Å². The number of benzene rings is 4. The summed E-state index contributed by atoms with van der Waals surface area (Å²) in [6, 6.07) is 26.8. The van der Waals surface area contributed by atoms with Crippen LogP contribution in [0.5, 0.6) is 17.2 Å². The highest BCUT2D eigenvalue weighted by Crippen LogP contribution is 2.58. The van der Waals surface area contributed by atoms with Gasteiger partial charge in [-0.15, -0.1) is 0 Å². The molecule has 0 spiro atoms. The number of hydrogen-bond acceptors (Lipinski definition) is 12. The molecule has 75 heavy (non-hydrogen) atoms. The molecule has 4 aliphatic rings. The van der Waals surface area contributed by atoms with Crippen molar-refractivity contribution in [3.8, 4) is 39.8 Å². The van der Waals surface area contributed by atoms with E-state index in [2.05, 4.69) is 20.3 Å². The van der Waals surface area contributed by atoms with Gasteiger partial charge < -0.3 is 28.0 Å². The molecule has 0 radical (unpaired) electrons. The monoisotopic (exact) mass is 1120 g/mol. The molecule has 4 saturated carbocycles. The number of aromatic nitrogens is 4. The molecular weight excluding hydrogens is 1080 g/mol. The first-order valence-electron chi connectivity index (χ1n) is 24.3. The molecule has 0 aliphatic heterocycles. The molecule has 4 aromatic carbocycles. The van der Waals surface area contributed by atoms with Crippen molar-refractivity contribution >= 4 is 82.0 Å². The van der Waals surface area contributed by atoms with Crippen LogP contribution < -0.4 is 14.2 Å². The molecule has 4 fully saturated rings. The van der Waals surface area contributed by atoms with E-state index in [4.69, 9.17) is 97.6 Å².